The van der Waals surface area contributed by atoms with E-state index in [9.17, 15) is 21.6 Å². The Bertz CT molecular complexity index is 1130. The van der Waals surface area contributed by atoms with Crippen LogP contribution in [0.5, 0.6) is 0 Å². The van der Waals surface area contributed by atoms with Crippen molar-refractivity contribution in [2.75, 3.05) is 41.4 Å². The van der Waals surface area contributed by atoms with Crippen molar-refractivity contribution in [2.24, 2.45) is 0 Å². The molecule has 1 heterocycles. The van der Waals surface area contributed by atoms with Gasteiger partial charge in [0.1, 0.15) is 0 Å². The van der Waals surface area contributed by atoms with Gasteiger partial charge in [0.25, 0.3) is 0 Å². The van der Waals surface area contributed by atoms with E-state index in [0.717, 1.165) is 19.7 Å². The number of hydrogen-bond acceptors (Lipinski definition) is 7. The fourth-order valence-electron chi connectivity index (χ4n) is 3.72. The van der Waals surface area contributed by atoms with Crippen LogP contribution in [0.3, 0.4) is 0 Å². The quantitative estimate of drug-likeness (QED) is 0.401. The number of urea groups is 1. The largest absolute Gasteiger partial charge is 0.337 e. The molecule has 36 heavy (non-hydrogen) atoms. The average Bonchev–Trinajstić information content (AvgIpc) is 3.07. The zero-order chi connectivity index (χ0) is 26.5. The summed E-state index contributed by atoms with van der Waals surface area (Å²) >= 11 is 0. The minimum absolute atomic E-state index is 0.179. The molecule has 0 aliphatic carbocycles. The number of nitrogens with zero attached hydrogens (tertiary/aromatic N) is 4. The van der Waals surface area contributed by atoms with Crippen molar-refractivity contribution < 1.29 is 30.0 Å². The van der Waals surface area contributed by atoms with Crippen molar-refractivity contribution in [3.8, 4) is 0 Å². The highest BCUT2D eigenvalue weighted by Gasteiger charge is 2.47. The molecule has 0 N–H and O–H groups in total. The predicted octanol–water partition coefficient (Wildman–Crippen LogP) is 1.51. The molecular weight excluding hydrogens is 508 g/mol. The van der Waals surface area contributed by atoms with Crippen molar-refractivity contribution in [3.63, 3.8) is 0 Å². The summed E-state index contributed by atoms with van der Waals surface area (Å²) in [5.41, 5.74) is 1.65. The van der Waals surface area contributed by atoms with Gasteiger partial charge in [-0.3, -0.25) is 8.37 Å². The lowest BCUT2D eigenvalue weighted by Gasteiger charge is -2.28. The smallest absolute Gasteiger partial charge is 0.313 e. The molecule has 0 aromatic heterocycles. The number of rotatable bonds is 12. The topological polar surface area (TPSA) is 117 Å². The van der Waals surface area contributed by atoms with Crippen molar-refractivity contribution in [1.29, 1.82) is 0 Å². The lowest BCUT2D eigenvalue weighted by Crippen LogP contribution is -2.45. The van der Waals surface area contributed by atoms with Gasteiger partial charge in [0.2, 0.25) is 0 Å². The SMILES string of the molecule is CN(C)S(=O)(=O)OC[C@@H]1[C@@H](COS(=O)(=O)N(C)C)N(Cc2ccccc2)C(=O)N1Cc1ccccc1. The van der Waals surface area contributed by atoms with Crippen LogP contribution in [0.25, 0.3) is 0 Å². The molecule has 1 saturated heterocycles. The highest BCUT2D eigenvalue weighted by molar-refractivity contribution is 7.84. The van der Waals surface area contributed by atoms with E-state index in [2.05, 4.69) is 0 Å². The van der Waals surface area contributed by atoms with Crippen LogP contribution in [-0.2, 0) is 42.1 Å². The molecule has 11 nitrogen and oxygen atoms in total. The standard InChI is InChI=1S/C23H32N4O7S2/c1-24(2)35(29,30)33-17-21-22(18-34-36(31,32)25(3)4)27(16-20-13-9-6-10-14-20)23(28)26(21)15-19-11-7-5-8-12-19/h5-14,21-22H,15-18H2,1-4H3/t21-,22-/m1/s1. The molecule has 1 aliphatic heterocycles. The van der Waals surface area contributed by atoms with Crippen LogP contribution in [0.2, 0.25) is 0 Å². The number of benzene rings is 2. The van der Waals surface area contributed by atoms with Crippen molar-refractivity contribution in [3.05, 3.63) is 71.8 Å². The van der Waals surface area contributed by atoms with E-state index in [0.29, 0.717) is 0 Å². The first-order valence-corrected chi connectivity index (χ1v) is 13.9. The van der Waals surface area contributed by atoms with Crippen molar-refractivity contribution in [2.45, 2.75) is 25.2 Å². The first-order valence-electron chi connectivity index (χ1n) is 11.2. The molecule has 0 bridgehead atoms. The van der Waals surface area contributed by atoms with Crippen LogP contribution < -0.4 is 0 Å². The second-order valence-electron chi connectivity index (χ2n) is 8.69. The van der Waals surface area contributed by atoms with E-state index in [-0.39, 0.29) is 32.3 Å². The normalized spacial score (nSPS) is 19.0. The molecule has 13 heteroatoms. The Balaban J connectivity index is 1.98. The molecular formula is C23H32N4O7S2. The summed E-state index contributed by atoms with van der Waals surface area (Å²) in [5, 5.41) is 0. The van der Waals surface area contributed by atoms with E-state index in [1.807, 2.05) is 60.7 Å². The lowest BCUT2D eigenvalue weighted by atomic mass is 10.1. The molecule has 3 rings (SSSR count). The van der Waals surface area contributed by atoms with Gasteiger partial charge in [-0.1, -0.05) is 60.7 Å². The number of amides is 2. The molecule has 0 radical (unpaired) electrons. The third kappa shape index (κ3) is 6.81. The molecule has 0 spiro atoms. The molecule has 2 aromatic rings. The monoisotopic (exact) mass is 540 g/mol. The van der Waals surface area contributed by atoms with Gasteiger partial charge in [-0.25, -0.2) is 4.79 Å². The summed E-state index contributed by atoms with van der Waals surface area (Å²) in [5.74, 6) is 0. The molecule has 2 atom stereocenters. The van der Waals surface area contributed by atoms with E-state index in [1.165, 1.54) is 38.0 Å². The summed E-state index contributed by atoms with van der Waals surface area (Å²) in [6.45, 7) is -0.392. The van der Waals surface area contributed by atoms with Crippen LogP contribution in [0.15, 0.2) is 60.7 Å². The molecule has 198 valence electrons. The van der Waals surface area contributed by atoms with Gasteiger partial charge in [-0.05, 0) is 11.1 Å². The maximum atomic E-state index is 13.7. The minimum Gasteiger partial charge on any atom is -0.313 e. The summed E-state index contributed by atoms with van der Waals surface area (Å²) < 4.78 is 61.9. The molecule has 2 aromatic carbocycles. The highest BCUT2D eigenvalue weighted by Crippen LogP contribution is 2.29. The van der Waals surface area contributed by atoms with Crippen LogP contribution in [0.4, 0.5) is 4.79 Å². The zero-order valence-electron chi connectivity index (χ0n) is 20.7. The predicted molar refractivity (Wildman–Crippen MR) is 134 cm³/mol. The third-order valence-corrected chi connectivity index (χ3v) is 8.45. The van der Waals surface area contributed by atoms with Gasteiger partial charge in [0, 0.05) is 41.3 Å². The second-order valence-corrected chi connectivity index (χ2v) is 12.3. The number of carbonyl (C=O) groups is 1. The highest BCUT2D eigenvalue weighted by atomic mass is 32.2. The summed E-state index contributed by atoms with van der Waals surface area (Å²) in [6.07, 6.45) is 0. The Kier molecular flexibility index (Phi) is 9.08. The van der Waals surface area contributed by atoms with E-state index >= 15 is 0 Å². The first kappa shape index (κ1) is 28.0. The second kappa shape index (κ2) is 11.7. The fraction of sp³-hybridized carbons (Fsp3) is 0.435. The van der Waals surface area contributed by atoms with Crippen LogP contribution in [0, 0.1) is 0 Å². The maximum Gasteiger partial charge on any atom is 0.337 e. The van der Waals surface area contributed by atoms with Gasteiger partial charge in [-0.2, -0.15) is 25.4 Å². The minimum atomic E-state index is -4.05. The zero-order valence-corrected chi connectivity index (χ0v) is 22.4. The molecule has 1 fully saturated rings. The van der Waals surface area contributed by atoms with Gasteiger partial charge in [-0.15, -0.1) is 0 Å². The lowest BCUT2D eigenvalue weighted by molar-refractivity contribution is 0.128. The van der Waals surface area contributed by atoms with Crippen LogP contribution in [-0.4, -0.2) is 94.8 Å². The maximum absolute atomic E-state index is 13.7. The Hall–Kier alpha value is -2.55. The van der Waals surface area contributed by atoms with Crippen molar-refractivity contribution >= 4 is 26.6 Å². The Morgan fingerprint density at radius 2 is 1.00 bits per heavy atom. The van der Waals surface area contributed by atoms with Gasteiger partial charge >= 0.3 is 26.6 Å². The van der Waals surface area contributed by atoms with Crippen LogP contribution >= 0.6 is 0 Å². The Labute approximate surface area is 213 Å². The first-order chi connectivity index (χ1) is 16.9. The summed E-state index contributed by atoms with van der Waals surface area (Å²) in [6, 6.07) is 16.5. The fourth-order valence-corrected chi connectivity index (χ4v) is 4.76. The third-order valence-electron chi connectivity index (χ3n) is 5.80. The number of carbonyl (C=O) groups excluding carboxylic acids is 1. The van der Waals surface area contributed by atoms with E-state index < -0.39 is 32.7 Å². The molecule has 1 aliphatic rings. The van der Waals surface area contributed by atoms with E-state index in [1.54, 1.807) is 0 Å². The van der Waals surface area contributed by atoms with Gasteiger partial charge in [0.15, 0.2) is 0 Å². The van der Waals surface area contributed by atoms with Gasteiger partial charge in [0.05, 0.1) is 25.3 Å². The molecule has 2 amide bonds. The number of hydrogen-bond donors (Lipinski definition) is 0. The van der Waals surface area contributed by atoms with Gasteiger partial charge < -0.3 is 9.80 Å². The van der Waals surface area contributed by atoms with E-state index in [4.69, 9.17) is 8.37 Å². The van der Waals surface area contributed by atoms with Crippen molar-refractivity contribution in [1.82, 2.24) is 18.4 Å². The average molecular weight is 541 g/mol. The summed E-state index contributed by atoms with van der Waals surface area (Å²) in [7, 11) is -2.75. The summed E-state index contributed by atoms with van der Waals surface area (Å²) in [4.78, 5) is 16.7. The Morgan fingerprint density at radius 1 is 0.667 bits per heavy atom. The Morgan fingerprint density at radius 3 is 1.31 bits per heavy atom. The molecule has 0 saturated carbocycles. The van der Waals surface area contributed by atoms with Crippen LogP contribution in [0.1, 0.15) is 11.1 Å². The molecule has 0 unspecified atom stereocenters.